The third-order valence-electron chi connectivity index (χ3n) is 4.48. The molecule has 10 heteroatoms. The minimum absolute atomic E-state index is 0.00575. The average Bonchev–Trinajstić information content (AvgIpc) is 3.36. The van der Waals surface area contributed by atoms with Crippen LogP contribution in [0.15, 0.2) is 79.4 Å². The Hall–Kier alpha value is -3.66. The number of esters is 1. The molecule has 9 nitrogen and oxygen atoms in total. The van der Waals surface area contributed by atoms with Crippen molar-refractivity contribution in [1.29, 1.82) is 0 Å². The van der Waals surface area contributed by atoms with Crippen LogP contribution in [-0.2, 0) is 37.5 Å². The number of imidazole rings is 1. The summed E-state index contributed by atoms with van der Waals surface area (Å²) in [4.78, 5) is 28.6. The Morgan fingerprint density at radius 1 is 0.938 bits per heavy atom. The Morgan fingerprint density at radius 2 is 1.53 bits per heavy atom. The normalized spacial score (nSPS) is 12.0. The van der Waals surface area contributed by atoms with Crippen molar-refractivity contribution in [3.05, 3.63) is 90.5 Å². The van der Waals surface area contributed by atoms with Crippen LogP contribution in [0.4, 0.5) is 4.79 Å². The van der Waals surface area contributed by atoms with E-state index in [0.29, 0.717) is 0 Å². The number of amides is 1. The molecule has 0 fully saturated rings. The summed E-state index contributed by atoms with van der Waals surface area (Å²) in [6.45, 7) is -0.00300. The molecule has 0 aliphatic carbocycles. The molecule has 2 aromatic carbocycles. The first-order valence-electron chi connectivity index (χ1n) is 9.83. The van der Waals surface area contributed by atoms with Crippen molar-refractivity contribution in [2.24, 2.45) is 0 Å². The summed E-state index contributed by atoms with van der Waals surface area (Å²) in [5.41, 5.74) is 1.53. The molecular weight excluding hydrogens is 434 g/mol. The van der Waals surface area contributed by atoms with Crippen molar-refractivity contribution in [3.63, 3.8) is 0 Å². The van der Waals surface area contributed by atoms with Gasteiger partial charge in [-0.2, -0.15) is 0 Å². The quantitative estimate of drug-likeness (QED) is 0.465. The largest absolute Gasteiger partial charge is 0.459 e. The first-order valence-corrected chi connectivity index (χ1v) is 11.4. The molecule has 0 unspecified atom stereocenters. The molecule has 0 radical (unpaired) electrons. The SMILES string of the molecule is O=C(N[C@@H](CCS(=O)(=O)n1ccnc1)C(=O)OCc1ccccc1)OCc1ccccc1. The topological polar surface area (TPSA) is 117 Å². The summed E-state index contributed by atoms with van der Waals surface area (Å²) in [5.74, 6) is -1.17. The van der Waals surface area contributed by atoms with Crippen LogP contribution in [-0.4, -0.2) is 41.2 Å². The fraction of sp³-hybridized carbons (Fsp3) is 0.227. The smallest absolute Gasteiger partial charge is 0.408 e. The van der Waals surface area contributed by atoms with Crippen LogP contribution >= 0.6 is 0 Å². The maximum Gasteiger partial charge on any atom is 0.408 e. The van der Waals surface area contributed by atoms with Gasteiger partial charge in [-0.15, -0.1) is 0 Å². The molecule has 0 spiro atoms. The first kappa shape index (κ1) is 23.0. The van der Waals surface area contributed by atoms with Crippen LogP contribution in [0.3, 0.4) is 0 Å². The molecule has 3 aromatic rings. The van der Waals surface area contributed by atoms with Gasteiger partial charge >= 0.3 is 12.1 Å². The number of benzene rings is 2. The van der Waals surface area contributed by atoms with E-state index < -0.39 is 33.9 Å². The second-order valence-electron chi connectivity index (χ2n) is 6.85. The fourth-order valence-electron chi connectivity index (χ4n) is 2.77. The summed E-state index contributed by atoms with van der Waals surface area (Å²) >= 11 is 0. The lowest BCUT2D eigenvalue weighted by molar-refractivity contribution is -0.147. The van der Waals surface area contributed by atoms with Crippen LogP contribution in [0.25, 0.3) is 0 Å². The van der Waals surface area contributed by atoms with Gasteiger partial charge in [-0.3, -0.25) is 0 Å². The number of carbonyl (C=O) groups is 2. The van der Waals surface area contributed by atoms with E-state index in [1.165, 1.54) is 12.4 Å². The van der Waals surface area contributed by atoms with Gasteiger partial charge in [-0.1, -0.05) is 60.7 Å². The molecule has 168 valence electrons. The molecule has 0 aliphatic heterocycles. The number of carbonyl (C=O) groups excluding carboxylic acids is 2. The predicted molar refractivity (Wildman–Crippen MR) is 116 cm³/mol. The lowest BCUT2D eigenvalue weighted by Gasteiger charge is -2.18. The number of nitrogens with zero attached hydrogens (tertiary/aromatic N) is 2. The van der Waals surface area contributed by atoms with Crippen molar-refractivity contribution in [2.45, 2.75) is 25.7 Å². The van der Waals surface area contributed by atoms with Crippen molar-refractivity contribution in [2.75, 3.05) is 5.75 Å². The van der Waals surface area contributed by atoms with E-state index in [1.54, 1.807) is 48.5 Å². The highest BCUT2D eigenvalue weighted by Gasteiger charge is 2.26. The van der Waals surface area contributed by atoms with E-state index in [4.69, 9.17) is 9.47 Å². The van der Waals surface area contributed by atoms with Crippen LogP contribution in [0.1, 0.15) is 17.5 Å². The first-order chi connectivity index (χ1) is 15.4. The molecule has 1 heterocycles. The second-order valence-corrected chi connectivity index (χ2v) is 8.84. The molecule has 0 bridgehead atoms. The average molecular weight is 458 g/mol. The number of ether oxygens (including phenoxy) is 2. The minimum atomic E-state index is -3.75. The van der Waals surface area contributed by atoms with Crippen molar-refractivity contribution < 1.29 is 27.5 Å². The summed E-state index contributed by atoms with van der Waals surface area (Å²) in [6.07, 6.45) is 2.73. The van der Waals surface area contributed by atoms with Crippen molar-refractivity contribution >= 4 is 22.1 Å². The third kappa shape index (κ3) is 6.95. The number of aromatic nitrogens is 2. The number of nitrogens with one attached hydrogen (secondary N) is 1. The third-order valence-corrected chi connectivity index (χ3v) is 6.09. The maximum atomic E-state index is 12.6. The zero-order chi connectivity index (χ0) is 22.8. The van der Waals surface area contributed by atoms with Gasteiger partial charge in [-0.05, 0) is 17.5 Å². The van der Waals surface area contributed by atoms with E-state index in [2.05, 4.69) is 10.3 Å². The Morgan fingerprint density at radius 3 is 2.09 bits per heavy atom. The van der Waals surface area contributed by atoms with E-state index in [1.807, 2.05) is 12.1 Å². The highest BCUT2D eigenvalue weighted by Crippen LogP contribution is 2.08. The standard InChI is InChI=1S/C22H23N3O6S/c26-21(30-15-18-7-3-1-4-8-18)20(11-14-32(28,29)25-13-12-23-17-25)24-22(27)31-16-19-9-5-2-6-10-19/h1-10,12-13,17,20H,11,14-16H2,(H,24,27)/t20-/m0/s1. The minimum Gasteiger partial charge on any atom is -0.459 e. The molecule has 1 atom stereocenters. The predicted octanol–water partition coefficient (Wildman–Crippen LogP) is 2.49. The Labute approximate surface area is 186 Å². The van der Waals surface area contributed by atoms with Crippen LogP contribution in [0.5, 0.6) is 0 Å². The van der Waals surface area contributed by atoms with Gasteiger partial charge in [0.25, 0.3) is 0 Å². The summed E-state index contributed by atoms with van der Waals surface area (Å²) < 4.78 is 36.2. The van der Waals surface area contributed by atoms with Gasteiger partial charge in [0.1, 0.15) is 25.6 Å². The lowest BCUT2D eigenvalue weighted by Crippen LogP contribution is -2.43. The van der Waals surface area contributed by atoms with Crippen LogP contribution < -0.4 is 5.32 Å². The van der Waals surface area contributed by atoms with Gasteiger partial charge in [0.15, 0.2) is 0 Å². The Balaban J connectivity index is 1.62. The van der Waals surface area contributed by atoms with Crippen LogP contribution in [0, 0.1) is 0 Å². The number of alkyl carbamates (subject to hydrolysis) is 1. The van der Waals surface area contributed by atoms with Gasteiger partial charge < -0.3 is 14.8 Å². The highest BCUT2D eigenvalue weighted by molar-refractivity contribution is 7.89. The molecule has 0 aliphatic rings. The highest BCUT2D eigenvalue weighted by atomic mass is 32.2. The lowest BCUT2D eigenvalue weighted by atomic mass is 10.2. The summed E-state index contributed by atoms with van der Waals surface area (Å²) in [6, 6.07) is 16.8. The van der Waals surface area contributed by atoms with Gasteiger partial charge in [0.2, 0.25) is 10.0 Å². The zero-order valence-corrected chi connectivity index (χ0v) is 18.0. The monoisotopic (exact) mass is 457 g/mol. The Kier molecular flexibility index (Phi) is 7.98. The zero-order valence-electron chi connectivity index (χ0n) is 17.2. The maximum absolute atomic E-state index is 12.6. The number of rotatable bonds is 10. The molecule has 1 N–H and O–H groups in total. The van der Waals surface area contributed by atoms with E-state index in [9.17, 15) is 18.0 Å². The van der Waals surface area contributed by atoms with E-state index in [0.717, 1.165) is 21.4 Å². The molecule has 0 saturated heterocycles. The fourth-order valence-corrected chi connectivity index (χ4v) is 3.95. The van der Waals surface area contributed by atoms with Crippen molar-refractivity contribution in [3.8, 4) is 0 Å². The summed E-state index contributed by atoms with van der Waals surface area (Å²) in [5, 5.41) is 2.42. The molecule has 32 heavy (non-hydrogen) atoms. The molecule has 1 amide bonds. The van der Waals surface area contributed by atoms with E-state index >= 15 is 0 Å². The molecular formula is C22H23N3O6S. The van der Waals surface area contributed by atoms with Crippen molar-refractivity contribution in [1.82, 2.24) is 14.3 Å². The molecule has 0 saturated carbocycles. The molecule has 3 rings (SSSR count). The van der Waals surface area contributed by atoms with Gasteiger partial charge in [-0.25, -0.2) is 27.0 Å². The second kappa shape index (κ2) is 11.1. The van der Waals surface area contributed by atoms with Crippen LogP contribution in [0.2, 0.25) is 0 Å². The number of hydrogen-bond acceptors (Lipinski definition) is 7. The van der Waals surface area contributed by atoms with Gasteiger partial charge in [0.05, 0.1) is 5.75 Å². The van der Waals surface area contributed by atoms with E-state index in [-0.39, 0.29) is 19.6 Å². The molecule has 1 aromatic heterocycles. The summed E-state index contributed by atoms with van der Waals surface area (Å²) in [7, 11) is -3.75. The van der Waals surface area contributed by atoms with Gasteiger partial charge in [0, 0.05) is 12.4 Å². The Bertz CT molecular complexity index is 1100. The number of hydrogen-bond donors (Lipinski definition) is 1.